The topological polar surface area (TPSA) is 62.2 Å². The number of nitrogens with zero attached hydrogens (tertiary/aromatic N) is 1. The Morgan fingerprint density at radius 2 is 2.00 bits per heavy atom. The van der Waals surface area contributed by atoms with E-state index < -0.39 is 0 Å². The van der Waals surface area contributed by atoms with E-state index in [0.717, 1.165) is 5.56 Å². The van der Waals surface area contributed by atoms with Crippen LogP contribution in [0.25, 0.3) is 6.08 Å². The minimum atomic E-state index is -0.289. The Hall–Kier alpha value is -2.17. The molecule has 0 aliphatic carbocycles. The highest BCUT2D eigenvalue weighted by molar-refractivity contribution is 6.30. The molecule has 0 saturated heterocycles. The lowest BCUT2D eigenvalue weighted by Gasteiger charge is -2.02. The van der Waals surface area contributed by atoms with E-state index in [4.69, 9.17) is 16.7 Å². The molecular weight excluding hydrogens is 276 g/mol. The summed E-state index contributed by atoms with van der Waals surface area (Å²) >= 11 is 5.78. The number of carbonyl (C=O) groups is 1. The van der Waals surface area contributed by atoms with Crippen molar-refractivity contribution in [1.82, 2.24) is 4.98 Å². The summed E-state index contributed by atoms with van der Waals surface area (Å²) in [6.45, 7) is -0.162. The Bertz CT molecular complexity index is 624. The first-order valence-electron chi connectivity index (χ1n) is 5.99. The van der Waals surface area contributed by atoms with Crippen LogP contribution in [0.4, 0.5) is 5.82 Å². The molecule has 1 heterocycles. The van der Waals surface area contributed by atoms with Crippen LogP contribution in [0.15, 0.2) is 48.5 Å². The van der Waals surface area contributed by atoms with Gasteiger partial charge in [0.25, 0.3) is 0 Å². The van der Waals surface area contributed by atoms with E-state index in [0.29, 0.717) is 16.5 Å². The van der Waals surface area contributed by atoms with Crippen LogP contribution in [0.3, 0.4) is 0 Å². The van der Waals surface area contributed by atoms with Crippen LogP contribution >= 0.6 is 11.6 Å². The molecule has 0 bridgehead atoms. The van der Waals surface area contributed by atoms with Crippen LogP contribution in [0.2, 0.25) is 5.02 Å². The van der Waals surface area contributed by atoms with Crippen LogP contribution in [0, 0.1) is 0 Å². The number of pyridine rings is 1. The average Bonchev–Trinajstić information content (AvgIpc) is 2.47. The van der Waals surface area contributed by atoms with E-state index in [-0.39, 0.29) is 12.5 Å². The lowest BCUT2D eigenvalue weighted by Crippen LogP contribution is -2.09. The second kappa shape index (κ2) is 6.84. The third-order valence-corrected chi connectivity index (χ3v) is 2.77. The van der Waals surface area contributed by atoms with Gasteiger partial charge in [0.15, 0.2) is 0 Å². The maximum absolute atomic E-state index is 11.7. The van der Waals surface area contributed by atoms with Crippen molar-refractivity contribution in [3.8, 4) is 0 Å². The molecule has 4 nitrogen and oxygen atoms in total. The summed E-state index contributed by atoms with van der Waals surface area (Å²) in [6.07, 6.45) is 3.10. The number of anilines is 1. The lowest BCUT2D eigenvalue weighted by molar-refractivity contribution is -0.111. The lowest BCUT2D eigenvalue weighted by atomic mass is 10.2. The van der Waals surface area contributed by atoms with E-state index >= 15 is 0 Å². The molecule has 0 aliphatic rings. The van der Waals surface area contributed by atoms with Crippen molar-refractivity contribution in [2.75, 3.05) is 5.32 Å². The molecule has 0 radical (unpaired) electrons. The summed E-state index contributed by atoms with van der Waals surface area (Å²) in [5, 5.41) is 12.2. The van der Waals surface area contributed by atoms with Crippen molar-refractivity contribution in [3.05, 3.63) is 64.8 Å². The quantitative estimate of drug-likeness (QED) is 0.851. The fourth-order valence-electron chi connectivity index (χ4n) is 1.55. The van der Waals surface area contributed by atoms with Crippen molar-refractivity contribution in [2.24, 2.45) is 0 Å². The molecule has 0 spiro atoms. The SMILES string of the molecule is O=C(/C=C/c1ccc(Cl)cc1)Nc1cccc(CO)n1. The van der Waals surface area contributed by atoms with Gasteiger partial charge in [0.1, 0.15) is 5.82 Å². The normalized spacial score (nSPS) is 10.7. The molecule has 1 amide bonds. The maximum Gasteiger partial charge on any atom is 0.249 e. The van der Waals surface area contributed by atoms with Crippen LogP contribution in [0.5, 0.6) is 0 Å². The molecule has 1 aromatic carbocycles. The second-order valence-electron chi connectivity index (χ2n) is 4.05. The molecule has 0 unspecified atom stereocenters. The highest BCUT2D eigenvalue weighted by atomic mass is 35.5. The molecule has 5 heteroatoms. The number of nitrogens with one attached hydrogen (secondary N) is 1. The first-order chi connectivity index (χ1) is 9.67. The molecule has 1 aromatic heterocycles. The van der Waals surface area contributed by atoms with Gasteiger partial charge in [-0.3, -0.25) is 4.79 Å². The van der Waals surface area contributed by atoms with E-state index in [1.165, 1.54) is 6.08 Å². The number of aliphatic hydroxyl groups excluding tert-OH is 1. The summed E-state index contributed by atoms with van der Waals surface area (Å²) in [6, 6.07) is 12.2. The van der Waals surface area contributed by atoms with Crippen LogP contribution in [0.1, 0.15) is 11.3 Å². The van der Waals surface area contributed by atoms with Crippen molar-refractivity contribution in [1.29, 1.82) is 0 Å². The predicted molar refractivity (Wildman–Crippen MR) is 79.3 cm³/mol. The number of aliphatic hydroxyl groups is 1. The summed E-state index contributed by atoms with van der Waals surface area (Å²) in [5.41, 5.74) is 1.38. The van der Waals surface area contributed by atoms with Gasteiger partial charge in [-0.25, -0.2) is 4.98 Å². The Kier molecular flexibility index (Phi) is 4.87. The standard InChI is InChI=1S/C15H13ClN2O2/c16-12-7-4-11(5-8-12)6-9-15(20)18-14-3-1-2-13(10-19)17-14/h1-9,19H,10H2,(H,17,18,20)/b9-6+. The fraction of sp³-hybridized carbons (Fsp3) is 0.0667. The first-order valence-corrected chi connectivity index (χ1v) is 6.36. The van der Waals surface area contributed by atoms with E-state index in [1.54, 1.807) is 36.4 Å². The fourth-order valence-corrected chi connectivity index (χ4v) is 1.68. The number of rotatable bonds is 4. The molecule has 20 heavy (non-hydrogen) atoms. The number of amides is 1. The molecule has 0 atom stereocenters. The summed E-state index contributed by atoms with van der Waals surface area (Å²) in [5.74, 6) is 0.116. The van der Waals surface area contributed by atoms with Gasteiger partial charge in [-0.2, -0.15) is 0 Å². The van der Waals surface area contributed by atoms with E-state index in [2.05, 4.69) is 10.3 Å². The average molecular weight is 289 g/mol. The van der Waals surface area contributed by atoms with Gasteiger partial charge >= 0.3 is 0 Å². The van der Waals surface area contributed by atoms with Gasteiger partial charge in [-0.05, 0) is 35.9 Å². The van der Waals surface area contributed by atoms with Crippen LogP contribution in [-0.4, -0.2) is 16.0 Å². The van der Waals surface area contributed by atoms with Gasteiger partial charge in [-0.15, -0.1) is 0 Å². The Morgan fingerprint density at radius 3 is 2.70 bits per heavy atom. The number of halogens is 1. The largest absolute Gasteiger partial charge is 0.390 e. The number of benzene rings is 1. The number of aromatic nitrogens is 1. The van der Waals surface area contributed by atoms with Gasteiger partial charge in [0.2, 0.25) is 5.91 Å². The summed E-state index contributed by atoms with van der Waals surface area (Å²) in [7, 11) is 0. The first kappa shape index (κ1) is 14.2. The van der Waals surface area contributed by atoms with Gasteiger partial charge in [0, 0.05) is 11.1 Å². The Morgan fingerprint density at radius 1 is 1.25 bits per heavy atom. The molecule has 2 aromatic rings. The molecule has 0 saturated carbocycles. The molecule has 0 fully saturated rings. The zero-order valence-electron chi connectivity index (χ0n) is 10.6. The van der Waals surface area contributed by atoms with Crippen molar-refractivity contribution >= 4 is 29.4 Å². The van der Waals surface area contributed by atoms with Crippen molar-refractivity contribution in [3.63, 3.8) is 0 Å². The van der Waals surface area contributed by atoms with Crippen LogP contribution in [-0.2, 0) is 11.4 Å². The van der Waals surface area contributed by atoms with Gasteiger partial charge in [-0.1, -0.05) is 29.8 Å². The molecular formula is C15H13ClN2O2. The highest BCUT2D eigenvalue weighted by Gasteiger charge is 2.00. The number of hydrogen-bond acceptors (Lipinski definition) is 3. The zero-order chi connectivity index (χ0) is 14.4. The molecule has 2 rings (SSSR count). The monoisotopic (exact) mass is 288 g/mol. The third kappa shape index (κ3) is 4.19. The summed E-state index contributed by atoms with van der Waals surface area (Å²) < 4.78 is 0. The predicted octanol–water partition coefficient (Wildman–Crippen LogP) is 2.88. The van der Waals surface area contributed by atoms with Gasteiger partial charge < -0.3 is 10.4 Å². The number of carbonyl (C=O) groups excluding carboxylic acids is 1. The Balaban J connectivity index is 1.99. The van der Waals surface area contributed by atoms with Gasteiger partial charge in [0.05, 0.1) is 12.3 Å². The summed E-state index contributed by atoms with van der Waals surface area (Å²) in [4.78, 5) is 15.8. The van der Waals surface area contributed by atoms with Crippen LogP contribution < -0.4 is 5.32 Å². The Labute approximate surface area is 121 Å². The minimum Gasteiger partial charge on any atom is -0.390 e. The molecule has 102 valence electrons. The zero-order valence-corrected chi connectivity index (χ0v) is 11.3. The smallest absolute Gasteiger partial charge is 0.249 e. The second-order valence-corrected chi connectivity index (χ2v) is 4.48. The third-order valence-electron chi connectivity index (χ3n) is 2.52. The van der Waals surface area contributed by atoms with E-state index in [1.807, 2.05) is 12.1 Å². The highest BCUT2D eigenvalue weighted by Crippen LogP contribution is 2.11. The van der Waals surface area contributed by atoms with E-state index in [9.17, 15) is 4.79 Å². The molecule has 0 aliphatic heterocycles. The van der Waals surface area contributed by atoms with Crippen molar-refractivity contribution in [2.45, 2.75) is 6.61 Å². The molecule has 2 N–H and O–H groups in total. The maximum atomic E-state index is 11.7. The van der Waals surface area contributed by atoms with Crippen molar-refractivity contribution < 1.29 is 9.90 Å². The number of hydrogen-bond donors (Lipinski definition) is 2. The minimum absolute atomic E-state index is 0.162.